The number of benzene rings is 1. The van der Waals surface area contributed by atoms with Gasteiger partial charge >= 0.3 is 0 Å². The maximum atomic E-state index is 5.48. The second kappa shape index (κ2) is 9.06. The first-order chi connectivity index (χ1) is 10.3. The number of methoxy groups -OCH3 is 1. The van der Waals surface area contributed by atoms with Crippen LogP contribution in [0.3, 0.4) is 0 Å². The van der Waals surface area contributed by atoms with Crippen LogP contribution in [-0.2, 0) is 11.2 Å². The standard InChI is InChI=1S/C18H29NO2/c1-3-19-14-17(11-15-7-9-21-10-8-15)12-16-5-4-6-18(13-16)20-2/h4-6,13,15,17,19H,3,7-12,14H2,1-2H3. The third kappa shape index (κ3) is 5.68. The molecule has 2 rings (SSSR count). The van der Waals surface area contributed by atoms with Gasteiger partial charge in [0.15, 0.2) is 0 Å². The third-order valence-corrected chi connectivity index (χ3v) is 4.35. The zero-order chi connectivity index (χ0) is 14.9. The minimum Gasteiger partial charge on any atom is -0.497 e. The number of nitrogens with one attached hydrogen (secondary N) is 1. The fourth-order valence-corrected chi connectivity index (χ4v) is 3.17. The van der Waals surface area contributed by atoms with Crippen molar-refractivity contribution in [1.82, 2.24) is 5.32 Å². The van der Waals surface area contributed by atoms with E-state index in [1.165, 1.54) is 24.8 Å². The van der Waals surface area contributed by atoms with Crippen LogP contribution in [0.2, 0.25) is 0 Å². The summed E-state index contributed by atoms with van der Waals surface area (Å²) in [6.45, 7) is 6.21. The summed E-state index contributed by atoms with van der Waals surface area (Å²) in [4.78, 5) is 0. The predicted octanol–water partition coefficient (Wildman–Crippen LogP) is 3.28. The third-order valence-electron chi connectivity index (χ3n) is 4.35. The Morgan fingerprint density at radius 2 is 2.14 bits per heavy atom. The van der Waals surface area contributed by atoms with Crippen LogP contribution >= 0.6 is 0 Å². The lowest BCUT2D eigenvalue weighted by molar-refractivity contribution is 0.0585. The van der Waals surface area contributed by atoms with Crippen LogP contribution in [0.25, 0.3) is 0 Å². The molecular formula is C18H29NO2. The first kappa shape index (κ1) is 16.3. The normalized spacial score (nSPS) is 17.6. The summed E-state index contributed by atoms with van der Waals surface area (Å²) in [6, 6.07) is 8.49. The molecule has 1 aliphatic rings. The lowest BCUT2D eigenvalue weighted by Crippen LogP contribution is -2.27. The Morgan fingerprint density at radius 1 is 1.33 bits per heavy atom. The molecule has 0 aliphatic carbocycles. The van der Waals surface area contributed by atoms with Gasteiger partial charge in [-0.3, -0.25) is 0 Å². The number of hydrogen-bond acceptors (Lipinski definition) is 3. The smallest absolute Gasteiger partial charge is 0.119 e. The van der Waals surface area contributed by atoms with Crippen LogP contribution in [0, 0.1) is 11.8 Å². The summed E-state index contributed by atoms with van der Waals surface area (Å²) >= 11 is 0. The SMILES string of the molecule is CCNCC(Cc1cccc(OC)c1)CC1CCOCC1. The van der Waals surface area contributed by atoms with E-state index in [0.29, 0.717) is 5.92 Å². The molecule has 3 heteroatoms. The van der Waals surface area contributed by atoms with E-state index in [-0.39, 0.29) is 0 Å². The van der Waals surface area contributed by atoms with E-state index in [1.54, 1.807) is 7.11 Å². The highest BCUT2D eigenvalue weighted by atomic mass is 16.5. The molecule has 0 aromatic heterocycles. The van der Waals surface area contributed by atoms with E-state index in [4.69, 9.17) is 9.47 Å². The maximum Gasteiger partial charge on any atom is 0.119 e. The van der Waals surface area contributed by atoms with Crippen molar-refractivity contribution in [2.45, 2.75) is 32.6 Å². The maximum absolute atomic E-state index is 5.48. The zero-order valence-electron chi connectivity index (χ0n) is 13.4. The molecule has 0 radical (unpaired) electrons. The van der Waals surface area contributed by atoms with E-state index in [1.807, 2.05) is 6.07 Å². The highest BCUT2D eigenvalue weighted by Crippen LogP contribution is 2.26. The first-order valence-corrected chi connectivity index (χ1v) is 8.23. The second-order valence-electron chi connectivity index (χ2n) is 6.02. The van der Waals surface area contributed by atoms with Crippen molar-refractivity contribution >= 4 is 0 Å². The molecule has 0 saturated carbocycles. The molecule has 118 valence electrons. The van der Waals surface area contributed by atoms with Crippen molar-refractivity contribution in [2.24, 2.45) is 11.8 Å². The van der Waals surface area contributed by atoms with Gasteiger partial charge in [-0.15, -0.1) is 0 Å². The van der Waals surface area contributed by atoms with Crippen molar-refractivity contribution in [1.29, 1.82) is 0 Å². The Kier molecular flexibility index (Phi) is 7.04. The molecule has 0 spiro atoms. The molecule has 1 unspecified atom stereocenters. The molecule has 0 amide bonds. The van der Waals surface area contributed by atoms with Crippen LogP contribution in [0.5, 0.6) is 5.75 Å². The molecule has 0 bridgehead atoms. The molecule has 1 N–H and O–H groups in total. The van der Waals surface area contributed by atoms with Gasteiger partial charge in [0.25, 0.3) is 0 Å². The fraction of sp³-hybridized carbons (Fsp3) is 0.667. The summed E-state index contributed by atoms with van der Waals surface area (Å²) in [6.07, 6.45) is 4.87. The van der Waals surface area contributed by atoms with Crippen LogP contribution < -0.4 is 10.1 Å². The van der Waals surface area contributed by atoms with E-state index in [9.17, 15) is 0 Å². The summed E-state index contributed by atoms with van der Waals surface area (Å²) in [5.41, 5.74) is 1.38. The highest BCUT2D eigenvalue weighted by molar-refractivity contribution is 5.28. The minimum atomic E-state index is 0.695. The topological polar surface area (TPSA) is 30.5 Å². The minimum absolute atomic E-state index is 0.695. The Bertz CT molecular complexity index is 402. The summed E-state index contributed by atoms with van der Waals surface area (Å²) < 4.78 is 10.8. The van der Waals surface area contributed by atoms with E-state index < -0.39 is 0 Å². The molecule has 1 aliphatic heterocycles. The number of hydrogen-bond donors (Lipinski definition) is 1. The van der Waals surface area contributed by atoms with Crippen molar-refractivity contribution in [3.05, 3.63) is 29.8 Å². The van der Waals surface area contributed by atoms with Gasteiger partial charge in [-0.05, 0) is 68.3 Å². The van der Waals surface area contributed by atoms with Crippen molar-refractivity contribution in [3.8, 4) is 5.75 Å². The lowest BCUT2D eigenvalue weighted by atomic mass is 9.85. The molecular weight excluding hydrogens is 262 g/mol. The zero-order valence-corrected chi connectivity index (χ0v) is 13.4. The van der Waals surface area contributed by atoms with Gasteiger partial charge in [0.2, 0.25) is 0 Å². The van der Waals surface area contributed by atoms with Gasteiger partial charge in [-0.1, -0.05) is 19.1 Å². The van der Waals surface area contributed by atoms with Gasteiger partial charge in [0, 0.05) is 13.2 Å². The number of rotatable bonds is 8. The number of ether oxygens (including phenoxy) is 2. The van der Waals surface area contributed by atoms with Gasteiger partial charge in [0.1, 0.15) is 5.75 Å². The van der Waals surface area contributed by atoms with E-state index in [2.05, 4.69) is 30.4 Å². The molecule has 21 heavy (non-hydrogen) atoms. The largest absolute Gasteiger partial charge is 0.497 e. The monoisotopic (exact) mass is 291 g/mol. The van der Waals surface area contributed by atoms with Gasteiger partial charge < -0.3 is 14.8 Å². The molecule has 1 fully saturated rings. The van der Waals surface area contributed by atoms with Gasteiger partial charge in [-0.25, -0.2) is 0 Å². The Labute approximate surface area is 129 Å². The van der Waals surface area contributed by atoms with Gasteiger partial charge in [0.05, 0.1) is 7.11 Å². The molecule has 1 atom stereocenters. The molecule has 1 aromatic carbocycles. The van der Waals surface area contributed by atoms with Crippen LogP contribution in [0.15, 0.2) is 24.3 Å². The van der Waals surface area contributed by atoms with Crippen LogP contribution in [0.4, 0.5) is 0 Å². The lowest BCUT2D eigenvalue weighted by Gasteiger charge is -2.27. The summed E-state index contributed by atoms with van der Waals surface area (Å²) in [5.74, 6) is 2.48. The second-order valence-corrected chi connectivity index (χ2v) is 6.02. The highest BCUT2D eigenvalue weighted by Gasteiger charge is 2.19. The summed E-state index contributed by atoms with van der Waals surface area (Å²) in [5, 5.41) is 3.52. The van der Waals surface area contributed by atoms with E-state index in [0.717, 1.165) is 44.4 Å². The Hall–Kier alpha value is -1.06. The average Bonchev–Trinajstić information content (AvgIpc) is 2.54. The van der Waals surface area contributed by atoms with Gasteiger partial charge in [-0.2, -0.15) is 0 Å². The fourth-order valence-electron chi connectivity index (χ4n) is 3.17. The quantitative estimate of drug-likeness (QED) is 0.797. The van der Waals surface area contributed by atoms with E-state index >= 15 is 0 Å². The first-order valence-electron chi connectivity index (χ1n) is 8.23. The average molecular weight is 291 g/mol. The van der Waals surface area contributed by atoms with Crippen molar-refractivity contribution in [3.63, 3.8) is 0 Å². The predicted molar refractivity (Wildman–Crippen MR) is 86.9 cm³/mol. The van der Waals surface area contributed by atoms with Crippen molar-refractivity contribution < 1.29 is 9.47 Å². The molecule has 3 nitrogen and oxygen atoms in total. The molecule has 1 saturated heterocycles. The molecule has 1 aromatic rings. The van der Waals surface area contributed by atoms with Crippen molar-refractivity contribution in [2.75, 3.05) is 33.4 Å². The van der Waals surface area contributed by atoms with Crippen LogP contribution in [0.1, 0.15) is 31.7 Å². The molecule has 1 heterocycles. The van der Waals surface area contributed by atoms with Crippen LogP contribution in [-0.4, -0.2) is 33.4 Å². The summed E-state index contributed by atoms with van der Waals surface area (Å²) in [7, 11) is 1.73. The Morgan fingerprint density at radius 3 is 2.86 bits per heavy atom. The Balaban J connectivity index is 1.93.